The van der Waals surface area contributed by atoms with Gasteiger partial charge in [-0.2, -0.15) is 0 Å². The normalized spacial score (nSPS) is 19.1. The fourth-order valence-electron chi connectivity index (χ4n) is 3.71. The van der Waals surface area contributed by atoms with Crippen LogP contribution in [-0.4, -0.2) is 45.6 Å². The third-order valence-corrected chi connectivity index (χ3v) is 6.53. The SMILES string of the molecule is O=C(C(Cl)Cl)N(CC(=O)N1CCc2sccc2C1c1ccccc1)C1CC1. The first-order valence-corrected chi connectivity index (χ1v) is 10.8. The zero-order valence-electron chi connectivity index (χ0n) is 14.7. The first kappa shape index (κ1) is 18.8. The molecule has 2 aliphatic rings. The van der Waals surface area contributed by atoms with Crippen LogP contribution in [0.5, 0.6) is 0 Å². The molecule has 1 fully saturated rings. The number of benzene rings is 1. The van der Waals surface area contributed by atoms with Gasteiger partial charge in [0.2, 0.25) is 5.91 Å². The monoisotopic (exact) mass is 422 g/mol. The summed E-state index contributed by atoms with van der Waals surface area (Å²) in [7, 11) is 0. The van der Waals surface area contributed by atoms with Gasteiger partial charge in [-0.25, -0.2) is 0 Å². The van der Waals surface area contributed by atoms with Crippen molar-refractivity contribution < 1.29 is 9.59 Å². The molecule has 0 spiro atoms. The number of rotatable bonds is 5. The average Bonchev–Trinajstić information content (AvgIpc) is 3.41. The van der Waals surface area contributed by atoms with Gasteiger partial charge in [0.25, 0.3) is 5.91 Å². The Bertz CT molecular complexity index is 836. The standard InChI is InChI=1S/C20H20Cl2N2O2S/c21-19(22)20(26)24(14-6-7-14)12-17(25)23-10-8-16-15(9-11-27-16)18(23)13-4-2-1-3-5-13/h1-5,9,11,14,18-19H,6-8,10,12H2. The Balaban J connectivity index is 1.61. The maximum atomic E-state index is 13.2. The summed E-state index contributed by atoms with van der Waals surface area (Å²) in [5, 5.41) is 2.08. The maximum absolute atomic E-state index is 13.2. The van der Waals surface area contributed by atoms with Crippen LogP contribution in [0.25, 0.3) is 0 Å². The molecule has 0 bridgehead atoms. The molecule has 0 N–H and O–H groups in total. The summed E-state index contributed by atoms with van der Waals surface area (Å²) in [6.45, 7) is 0.673. The molecule has 1 unspecified atom stereocenters. The molecule has 1 atom stereocenters. The van der Waals surface area contributed by atoms with Crippen LogP contribution >= 0.6 is 34.5 Å². The van der Waals surface area contributed by atoms with Crippen LogP contribution in [0.15, 0.2) is 41.8 Å². The van der Waals surface area contributed by atoms with E-state index in [9.17, 15) is 9.59 Å². The van der Waals surface area contributed by atoms with Crippen molar-refractivity contribution in [3.8, 4) is 0 Å². The van der Waals surface area contributed by atoms with Gasteiger partial charge in [-0.1, -0.05) is 53.5 Å². The molecule has 1 saturated carbocycles. The molecule has 142 valence electrons. The lowest BCUT2D eigenvalue weighted by Crippen LogP contribution is -2.48. The van der Waals surface area contributed by atoms with Crippen molar-refractivity contribution in [2.24, 2.45) is 0 Å². The predicted molar refractivity (Wildman–Crippen MR) is 108 cm³/mol. The van der Waals surface area contributed by atoms with Gasteiger partial charge in [0, 0.05) is 17.5 Å². The number of fused-ring (bicyclic) bond motifs is 1. The van der Waals surface area contributed by atoms with Gasteiger partial charge in [-0.3, -0.25) is 9.59 Å². The summed E-state index contributed by atoms with van der Waals surface area (Å²) < 4.78 is 0. The molecule has 0 saturated heterocycles. The largest absolute Gasteiger partial charge is 0.330 e. The van der Waals surface area contributed by atoms with Crippen LogP contribution in [-0.2, 0) is 16.0 Å². The molecule has 0 radical (unpaired) electrons. The highest BCUT2D eigenvalue weighted by Crippen LogP contribution is 2.38. The minimum absolute atomic E-state index is 0.0300. The van der Waals surface area contributed by atoms with E-state index >= 15 is 0 Å². The highest BCUT2D eigenvalue weighted by Gasteiger charge is 2.39. The molecule has 2 heterocycles. The number of carbonyl (C=O) groups excluding carboxylic acids is 2. The van der Waals surface area contributed by atoms with E-state index in [1.54, 1.807) is 16.2 Å². The summed E-state index contributed by atoms with van der Waals surface area (Å²) in [6.07, 6.45) is 2.64. The fourth-order valence-corrected chi connectivity index (χ4v) is 4.87. The lowest BCUT2D eigenvalue weighted by atomic mass is 9.93. The van der Waals surface area contributed by atoms with E-state index in [0.29, 0.717) is 6.54 Å². The highest BCUT2D eigenvalue weighted by atomic mass is 35.5. The molecule has 27 heavy (non-hydrogen) atoms. The van der Waals surface area contributed by atoms with Crippen molar-refractivity contribution in [1.82, 2.24) is 9.80 Å². The van der Waals surface area contributed by atoms with Gasteiger partial charge in [0.1, 0.15) is 6.54 Å². The van der Waals surface area contributed by atoms with Crippen LogP contribution in [0.3, 0.4) is 0 Å². The summed E-state index contributed by atoms with van der Waals surface area (Å²) in [5.74, 6) is -0.436. The topological polar surface area (TPSA) is 40.6 Å². The molecular weight excluding hydrogens is 403 g/mol. The second-order valence-electron chi connectivity index (χ2n) is 6.95. The Hall–Kier alpha value is -1.56. The smallest absolute Gasteiger partial charge is 0.256 e. The Morgan fingerprint density at radius 3 is 2.59 bits per heavy atom. The van der Waals surface area contributed by atoms with Gasteiger partial charge in [0.15, 0.2) is 4.84 Å². The van der Waals surface area contributed by atoms with Gasteiger partial charge < -0.3 is 9.80 Å². The van der Waals surface area contributed by atoms with Crippen LogP contribution in [0.4, 0.5) is 0 Å². The van der Waals surface area contributed by atoms with Gasteiger partial charge in [-0.15, -0.1) is 11.3 Å². The van der Waals surface area contributed by atoms with Crippen LogP contribution in [0, 0.1) is 0 Å². The van der Waals surface area contributed by atoms with E-state index in [2.05, 4.69) is 23.6 Å². The minimum atomic E-state index is -1.13. The van der Waals surface area contributed by atoms with Crippen molar-refractivity contribution in [2.75, 3.05) is 13.1 Å². The zero-order chi connectivity index (χ0) is 19.0. The summed E-state index contributed by atoms with van der Waals surface area (Å²) in [6, 6.07) is 12.1. The Kier molecular flexibility index (Phi) is 5.44. The van der Waals surface area contributed by atoms with E-state index in [0.717, 1.165) is 24.8 Å². The van der Waals surface area contributed by atoms with Gasteiger partial charge in [0.05, 0.1) is 6.04 Å². The molecule has 1 aliphatic carbocycles. The number of amides is 2. The lowest BCUT2D eigenvalue weighted by molar-refractivity contribution is -0.141. The van der Waals surface area contributed by atoms with Crippen molar-refractivity contribution >= 4 is 46.4 Å². The average molecular weight is 423 g/mol. The van der Waals surface area contributed by atoms with Gasteiger partial charge in [-0.05, 0) is 41.8 Å². The number of hydrogen-bond donors (Lipinski definition) is 0. The molecule has 4 nitrogen and oxygen atoms in total. The molecule has 1 aromatic heterocycles. The Labute approximate surface area is 172 Å². The van der Waals surface area contributed by atoms with E-state index in [-0.39, 0.29) is 30.4 Å². The first-order chi connectivity index (χ1) is 13.1. The molecule has 2 amide bonds. The van der Waals surface area contributed by atoms with Crippen molar-refractivity contribution in [2.45, 2.75) is 36.2 Å². The fraction of sp³-hybridized carbons (Fsp3) is 0.400. The van der Waals surface area contributed by atoms with Gasteiger partial charge >= 0.3 is 0 Å². The number of hydrogen-bond acceptors (Lipinski definition) is 3. The quantitative estimate of drug-likeness (QED) is 0.682. The van der Waals surface area contributed by atoms with Crippen LogP contribution in [0.1, 0.15) is 34.9 Å². The lowest BCUT2D eigenvalue weighted by Gasteiger charge is -2.37. The molecule has 4 rings (SSSR count). The van der Waals surface area contributed by atoms with E-state index in [1.807, 2.05) is 23.1 Å². The second kappa shape index (κ2) is 7.82. The summed E-state index contributed by atoms with van der Waals surface area (Å²) in [5.41, 5.74) is 2.27. The Morgan fingerprint density at radius 2 is 1.93 bits per heavy atom. The third-order valence-electron chi connectivity index (χ3n) is 5.16. The van der Waals surface area contributed by atoms with E-state index in [1.165, 1.54) is 10.4 Å². The molecule has 1 aromatic carbocycles. The molecular formula is C20H20Cl2N2O2S. The van der Waals surface area contributed by atoms with E-state index < -0.39 is 4.84 Å². The second-order valence-corrected chi connectivity index (χ2v) is 9.04. The zero-order valence-corrected chi connectivity index (χ0v) is 17.0. The Morgan fingerprint density at radius 1 is 1.19 bits per heavy atom. The molecule has 1 aliphatic heterocycles. The summed E-state index contributed by atoms with van der Waals surface area (Å²) in [4.78, 5) is 29.2. The highest BCUT2D eigenvalue weighted by molar-refractivity contribution is 7.10. The first-order valence-electron chi connectivity index (χ1n) is 9.05. The van der Waals surface area contributed by atoms with E-state index in [4.69, 9.17) is 23.2 Å². The number of thiophene rings is 1. The molecule has 2 aromatic rings. The van der Waals surface area contributed by atoms with Crippen molar-refractivity contribution in [3.63, 3.8) is 0 Å². The summed E-state index contributed by atoms with van der Waals surface area (Å²) >= 11 is 13.3. The number of halogens is 2. The number of nitrogens with zero attached hydrogens (tertiary/aromatic N) is 2. The van der Waals surface area contributed by atoms with Crippen molar-refractivity contribution in [1.29, 1.82) is 0 Å². The van der Waals surface area contributed by atoms with Crippen LogP contribution < -0.4 is 0 Å². The third kappa shape index (κ3) is 3.86. The predicted octanol–water partition coefficient (Wildman–Crippen LogP) is 4.02. The minimum Gasteiger partial charge on any atom is -0.330 e. The maximum Gasteiger partial charge on any atom is 0.256 e. The molecule has 7 heteroatoms. The number of alkyl halides is 2. The number of carbonyl (C=O) groups is 2. The van der Waals surface area contributed by atoms with Crippen LogP contribution in [0.2, 0.25) is 0 Å². The van der Waals surface area contributed by atoms with Crippen molar-refractivity contribution in [3.05, 3.63) is 57.8 Å².